The highest BCUT2D eigenvalue weighted by Gasteiger charge is 2.44. The molecule has 1 aromatic carbocycles. The summed E-state index contributed by atoms with van der Waals surface area (Å²) in [5, 5.41) is 21.2. The molecule has 8 heteroatoms. The van der Waals surface area contributed by atoms with Crippen LogP contribution in [0.1, 0.15) is 39.2 Å². The minimum Gasteiger partial charge on any atom is -0.481 e. The smallest absolute Gasteiger partial charge is 0.336 e. The number of nitro groups is 1. The van der Waals surface area contributed by atoms with E-state index >= 15 is 0 Å². The summed E-state index contributed by atoms with van der Waals surface area (Å²) in [6.45, 7) is 6.44. The van der Waals surface area contributed by atoms with E-state index in [1.54, 1.807) is 26.8 Å². The minimum absolute atomic E-state index is 0.0333. The first kappa shape index (κ1) is 19.3. The molecule has 1 aliphatic rings. The van der Waals surface area contributed by atoms with Crippen molar-refractivity contribution in [2.24, 2.45) is 10.9 Å². The maximum atomic E-state index is 12.6. The predicted octanol–water partition coefficient (Wildman–Crippen LogP) is 3.08. The van der Waals surface area contributed by atoms with Crippen LogP contribution in [0.15, 0.2) is 40.5 Å². The van der Waals surface area contributed by atoms with Crippen LogP contribution in [0.2, 0.25) is 0 Å². The molecule has 0 radical (unpaired) electrons. The van der Waals surface area contributed by atoms with Gasteiger partial charge in [0.25, 0.3) is 5.69 Å². The second kappa shape index (κ2) is 7.47. The molecule has 0 amide bonds. The fourth-order valence-electron chi connectivity index (χ4n) is 3.15. The van der Waals surface area contributed by atoms with Gasteiger partial charge in [-0.2, -0.15) is 0 Å². The Bertz CT molecular complexity index is 825. The molecule has 2 atom stereocenters. The topological polar surface area (TPSA) is 119 Å². The molecule has 1 heterocycles. The number of aliphatic carboxylic acids is 1. The lowest BCUT2D eigenvalue weighted by Crippen LogP contribution is -2.36. The van der Waals surface area contributed by atoms with Gasteiger partial charge < -0.3 is 9.84 Å². The Morgan fingerprint density at radius 2 is 1.88 bits per heavy atom. The van der Waals surface area contributed by atoms with Crippen LogP contribution >= 0.6 is 0 Å². The third-order valence-electron chi connectivity index (χ3n) is 4.13. The summed E-state index contributed by atoms with van der Waals surface area (Å²) in [7, 11) is 0. The van der Waals surface area contributed by atoms with Crippen LogP contribution in [0.3, 0.4) is 0 Å². The molecule has 26 heavy (non-hydrogen) atoms. The molecule has 0 aromatic heterocycles. The summed E-state index contributed by atoms with van der Waals surface area (Å²) >= 11 is 0. The Hall–Kier alpha value is -3.03. The Morgan fingerprint density at radius 1 is 1.27 bits per heavy atom. The molecule has 138 valence electrons. The monoisotopic (exact) mass is 360 g/mol. The van der Waals surface area contributed by atoms with Crippen molar-refractivity contribution in [3.8, 4) is 0 Å². The number of hydrogen-bond acceptors (Lipinski definition) is 6. The molecule has 0 saturated heterocycles. The number of allylic oxidation sites excluding steroid dienone is 1. The van der Waals surface area contributed by atoms with Crippen LogP contribution in [0.25, 0.3) is 0 Å². The molecular weight excluding hydrogens is 340 g/mol. The van der Waals surface area contributed by atoms with E-state index in [-0.39, 0.29) is 22.5 Å². The molecule has 8 nitrogen and oxygen atoms in total. The van der Waals surface area contributed by atoms with Crippen molar-refractivity contribution in [1.29, 1.82) is 0 Å². The van der Waals surface area contributed by atoms with Crippen molar-refractivity contribution in [1.82, 2.24) is 0 Å². The molecule has 2 unspecified atom stereocenters. The van der Waals surface area contributed by atoms with Crippen molar-refractivity contribution < 1.29 is 24.4 Å². The molecule has 1 aliphatic heterocycles. The number of esters is 1. The van der Waals surface area contributed by atoms with Crippen molar-refractivity contribution in [3.05, 3.63) is 51.2 Å². The van der Waals surface area contributed by atoms with Crippen LogP contribution in [-0.2, 0) is 14.3 Å². The number of benzene rings is 1. The van der Waals surface area contributed by atoms with E-state index in [2.05, 4.69) is 4.99 Å². The van der Waals surface area contributed by atoms with E-state index in [1.807, 2.05) is 0 Å². The van der Waals surface area contributed by atoms with Gasteiger partial charge in [-0.05, 0) is 27.7 Å². The first-order valence-corrected chi connectivity index (χ1v) is 8.08. The van der Waals surface area contributed by atoms with Gasteiger partial charge in [-0.25, -0.2) is 4.79 Å². The molecule has 1 aromatic rings. The van der Waals surface area contributed by atoms with Crippen LogP contribution in [0.5, 0.6) is 0 Å². The highest BCUT2D eigenvalue weighted by molar-refractivity contribution is 6.06. The maximum absolute atomic E-state index is 12.6. The normalized spacial score (nSPS) is 20.0. The quantitative estimate of drug-likeness (QED) is 0.489. The fourth-order valence-corrected chi connectivity index (χ4v) is 3.15. The molecule has 0 aliphatic carbocycles. The van der Waals surface area contributed by atoms with E-state index in [4.69, 9.17) is 4.74 Å². The van der Waals surface area contributed by atoms with Gasteiger partial charge in [0.2, 0.25) is 0 Å². The summed E-state index contributed by atoms with van der Waals surface area (Å²) in [5.74, 6) is -4.19. The molecule has 0 fully saturated rings. The van der Waals surface area contributed by atoms with E-state index < -0.39 is 34.8 Å². The highest BCUT2D eigenvalue weighted by atomic mass is 16.6. The second-order valence-electron chi connectivity index (χ2n) is 6.32. The molecule has 0 saturated carbocycles. The van der Waals surface area contributed by atoms with Crippen LogP contribution in [0, 0.1) is 16.0 Å². The summed E-state index contributed by atoms with van der Waals surface area (Å²) < 4.78 is 5.25. The van der Waals surface area contributed by atoms with Gasteiger partial charge in [-0.15, -0.1) is 0 Å². The number of carboxylic acids is 1. The van der Waals surface area contributed by atoms with E-state index in [0.717, 1.165) is 0 Å². The van der Waals surface area contributed by atoms with Gasteiger partial charge in [-0.3, -0.25) is 19.9 Å². The first-order chi connectivity index (χ1) is 12.1. The summed E-state index contributed by atoms with van der Waals surface area (Å²) in [5.41, 5.74) is 0.509. The largest absolute Gasteiger partial charge is 0.481 e. The van der Waals surface area contributed by atoms with Crippen molar-refractivity contribution in [3.63, 3.8) is 0 Å². The number of hydrogen-bond donors (Lipinski definition) is 1. The number of nitrogens with zero attached hydrogens (tertiary/aromatic N) is 2. The van der Waals surface area contributed by atoms with E-state index in [1.165, 1.54) is 25.1 Å². The number of carbonyl (C=O) groups is 2. The van der Waals surface area contributed by atoms with E-state index in [9.17, 15) is 24.8 Å². The average molecular weight is 360 g/mol. The number of para-hydroxylation sites is 1. The number of ether oxygens (including phenoxy) is 1. The minimum atomic E-state index is -1.21. The Kier molecular flexibility index (Phi) is 5.54. The van der Waals surface area contributed by atoms with Crippen LogP contribution in [-0.4, -0.2) is 33.8 Å². The standard InChI is InChI=1S/C18H20N2O6/c1-9(2)26-18(23)15-11(4)19-10(3)14(17(21)22)16(15)12-7-5-6-8-13(12)20(24)25/h5-9,14,16H,1-4H3,(H,21,22). The zero-order valence-corrected chi connectivity index (χ0v) is 14.9. The van der Waals surface area contributed by atoms with Crippen LogP contribution in [0.4, 0.5) is 5.69 Å². The number of aliphatic imine (C=N–C) groups is 1. The van der Waals surface area contributed by atoms with Gasteiger partial charge >= 0.3 is 11.9 Å². The van der Waals surface area contributed by atoms with Crippen molar-refractivity contribution >= 4 is 23.3 Å². The van der Waals surface area contributed by atoms with Gasteiger partial charge in [0.1, 0.15) is 5.92 Å². The fraction of sp³-hybridized carbons (Fsp3) is 0.389. The Morgan fingerprint density at radius 3 is 2.42 bits per heavy atom. The third-order valence-corrected chi connectivity index (χ3v) is 4.13. The number of rotatable bonds is 5. The number of carbonyl (C=O) groups excluding carboxylic acids is 1. The van der Waals surface area contributed by atoms with Crippen molar-refractivity contribution in [2.75, 3.05) is 0 Å². The molecule has 2 rings (SSSR count). The lowest BCUT2D eigenvalue weighted by molar-refractivity contribution is -0.385. The van der Waals surface area contributed by atoms with Crippen molar-refractivity contribution in [2.45, 2.75) is 39.7 Å². The lowest BCUT2D eigenvalue weighted by atomic mass is 9.75. The molecular formula is C18H20N2O6. The summed E-state index contributed by atoms with van der Waals surface area (Å²) in [4.78, 5) is 39.6. The van der Waals surface area contributed by atoms with Gasteiger partial charge in [-0.1, -0.05) is 18.2 Å². The Balaban J connectivity index is 2.74. The maximum Gasteiger partial charge on any atom is 0.336 e. The first-order valence-electron chi connectivity index (χ1n) is 8.08. The van der Waals surface area contributed by atoms with E-state index in [0.29, 0.717) is 5.70 Å². The number of nitro benzene ring substituents is 1. The van der Waals surface area contributed by atoms with Gasteiger partial charge in [0.15, 0.2) is 0 Å². The number of carboxylic acid groups (broad SMARTS) is 1. The van der Waals surface area contributed by atoms with Gasteiger partial charge in [0, 0.05) is 29.0 Å². The Labute approximate surface area is 150 Å². The molecule has 0 spiro atoms. The predicted molar refractivity (Wildman–Crippen MR) is 94.0 cm³/mol. The lowest BCUT2D eigenvalue weighted by Gasteiger charge is -2.30. The molecule has 0 bridgehead atoms. The summed E-state index contributed by atoms with van der Waals surface area (Å²) in [6.07, 6.45) is -0.426. The van der Waals surface area contributed by atoms with Crippen LogP contribution < -0.4 is 0 Å². The summed E-state index contributed by atoms with van der Waals surface area (Å²) in [6, 6.07) is 5.82. The second-order valence-corrected chi connectivity index (χ2v) is 6.32. The highest BCUT2D eigenvalue weighted by Crippen LogP contribution is 2.42. The SMILES string of the molecule is CC1=NC(C)=C(C(=O)OC(C)C)C(c2ccccc2[N+](=O)[O-])C1C(=O)O. The average Bonchev–Trinajstić information content (AvgIpc) is 2.52. The molecule has 1 N–H and O–H groups in total. The zero-order chi connectivity index (χ0) is 19.6. The zero-order valence-electron chi connectivity index (χ0n) is 14.9. The van der Waals surface area contributed by atoms with Gasteiger partial charge in [0.05, 0.1) is 16.6 Å². The third kappa shape index (κ3) is 3.63.